The number of para-hydroxylation sites is 3. The van der Waals surface area contributed by atoms with Crippen LogP contribution in [0.3, 0.4) is 0 Å². The molecule has 0 heterocycles. The summed E-state index contributed by atoms with van der Waals surface area (Å²) in [5, 5.41) is 2.91. The molecule has 3 aromatic rings. The number of carbonyl (C=O) groups is 1. The highest BCUT2D eigenvalue weighted by atomic mass is 32.2. The Hall–Kier alpha value is -2.92. The fourth-order valence-corrected chi connectivity index (χ4v) is 2.98. The first-order valence-corrected chi connectivity index (χ1v) is 9.12. The third kappa shape index (κ3) is 5.04. The van der Waals surface area contributed by atoms with E-state index in [-0.39, 0.29) is 5.91 Å². The van der Waals surface area contributed by atoms with E-state index >= 15 is 0 Å². The van der Waals surface area contributed by atoms with Crippen LogP contribution in [0.25, 0.3) is 0 Å². The van der Waals surface area contributed by atoms with Gasteiger partial charge in [-0.3, -0.25) is 4.79 Å². The molecule has 0 aromatic heterocycles. The summed E-state index contributed by atoms with van der Waals surface area (Å²) in [6.45, 7) is 0. The molecule has 0 saturated heterocycles. The average Bonchev–Trinajstić information content (AvgIpc) is 2.69. The van der Waals surface area contributed by atoms with Gasteiger partial charge in [0.2, 0.25) is 5.91 Å². The molecule has 1 amide bonds. The van der Waals surface area contributed by atoms with Crippen molar-refractivity contribution in [1.82, 2.24) is 0 Å². The zero-order chi connectivity index (χ0) is 18.2. The molecule has 3 aromatic carbocycles. The van der Waals surface area contributed by atoms with Crippen molar-refractivity contribution in [3.05, 3.63) is 78.9 Å². The topological polar surface area (TPSA) is 47.6 Å². The summed E-state index contributed by atoms with van der Waals surface area (Å²) in [5.74, 6) is 2.36. The van der Waals surface area contributed by atoms with Crippen LogP contribution < -0.4 is 14.8 Å². The molecule has 26 heavy (non-hydrogen) atoms. The lowest BCUT2D eigenvalue weighted by Gasteiger charge is -2.12. The van der Waals surface area contributed by atoms with Crippen molar-refractivity contribution in [2.24, 2.45) is 0 Å². The maximum Gasteiger partial charge on any atom is 0.234 e. The summed E-state index contributed by atoms with van der Waals surface area (Å²) in [4.78, 5) is 13.3. The predicted molar refractivity (Wildman–Crippen MR) is 105 cm³/mol. The van der Waals surface area contributed by atoms with Gasteiger partial charge in [0.1, 0.15) is 11.5 Å². The first kappa shape index (κ1) is 17.9. The van der Waals surface area contributed by atoms with Crippen LogP contribution in [-0.4, -0.2) is 18.8 Å². The number of hydrogen-bond acceptors (Lipinski definition) is 4. The number of carbonyl (C=O) groups excluding carboxylic acids is 1. The van der Waals surface area contributed by atoms with Gasteiger partial charge in [-0.05, 0) is 48.5 Å². The van der Waals surface area contributed by atoms with Crippen LogP contribution in [-0.2, 0) is 4.79 Å². The molecule has 0 saturated carbocycles. The molecule has 0 radical (unpaired) electrons. The molecule has 1 N–H and O–H groups in total. The zero-order valence-electron chi connectivity index (χ0n) is 14.3. The Labute approximate surface area is 157 Å². The first-order valence-electron chi connectivity index (χ1n) is 8.13. The fourth-order valence-electron chi connectivity index (χ4n) is 2.28. The fraction of sp³-hybridized carbons (Fsp3) is 0.0952. The van der Waals surface area contributed by atoms with Crippen molar-refractivity contribution in [2.45, 2.75) is 4.90 Å². The molecule has 0 bridgehead atoms. The number of thioether (sulfide) groups is 1. The van der Waals surface area contributed by atoms with Crippen LogP contribution in [0.5, 0.6) is 17.2 Å². The van der Waals surface area contributed by atoms with Gasteiger partial charge in [-0.2, -0.15) is 0 Å². The molecule has 0 spiro atoms. The summed E-state index contributed by atoms with van der Waals surface area (Å²) >= 11 is 1.47. The van der Waals surface area contributed by atoms with E-state index < -0.39 is 0 Å². The summed E-state index contributed by atoms with van der Waals surface area (Å²) in [6, 6.07) is 24.5. The van der Waals surface area contributed by atoms with E-state index in [2.05, 4.69) is 5.32 Å². The maximum absolute atomic E-state index is 12.3. The number of amides is 1. The summed E-state index contributed by atoms with van der Waals surface area (Å²) in [6.07, 6.45) is 0. The Morgan fingerprint density at radius 3 is 2.31 bits per heavy atom. The van der Waals surface area contributed by atoms with Crippen LogP contribution in [0.2, 0.25) is 0 Å². The standard InChI is InChI=1S/C21H19NO3S/c1-24-16-11-13-18(14-12-16)26-15-21(23)22-19-9-5-6-10-20(19)25-17-7-3-2-4-8-17/h2-14H,15H2,1H3,(H,22,23). The highest BCUT2D eigenvalue weighted by Crippen LogP contribution is 2.29. The lowest BCUT2D eigenvalue weighted by Crippen LogP contribution is -2.14. The minimum Gasteiger partial charge on any atom is -0.497 e. The molecule has 0 aliphatic rings. The van der Waals surface area contributed by atoms with E-state index in [0.717, 1.165) is 16.4 Å². The second-order valence-electron chi connectivity index (χ2n) is 5.42. The quantitative estimate of drug-likeness (QED) is 0.583. The maximum atomic E-state index is 12.3. The normalized spacial score (nSPS) is 10.2. The van der Waals surface area contributed by atoms with Crippen molar-refractivity contribution < 1.29 is 14.3 Å². The SMILES string of the molecule is COc1ccc(SCC(=O)Nc2ccccc2Oc2ccccc2)cc1. The van der Waals surface area contributed by atoms with Crippen LogP contribution in [0.1, 0.15) is 0 Å². The molecule has 132 valence electrons. The highest BCUT2D eigenvalue weighted by molar-refractivity contribution is 8.00. The van der Waals surface area contributed by atoms with Gasteiger partial charge in [0, 0.05) is 4.90 Å². The number of anilines is 1. The molecule has 0 unspecified atom stereocenters. The number of nitrogens with one attached hydrogen (secondary N) is 1. The van der Waals surface area contributed by atoms with Gasteiger partial charge in [0.05, 0.1) is 18.6 Å². The van der Waals surface area contributed by atoms with E-state index in [4.69, 9.17) is 9.47 Å². The van der Waals surface area contributed by atoms with Crippen molar-refractivity contribution in [1.29, 1.82) is 0 Å². The van der Waals surface area contributed by atoms with Crippen molar-refractivity contribution in [3.8, 4) is 17.2 Å². The number of methoxy groups -OCH3 is 1. The Balaban J connectivity index is 1.60. The Morgan fingerprint density at radius 2 is 1.58 bits per heavy atom. The third-order valence-electron chi connectivity index (χ3n) is 3.56. The lowest BCUT2D eigenvalue weighted by molar-refractivity contribution is -0.113. The summed E-state index contributed by atoms with van der Waals surface area (Å²) < 4.78 is 11.0. The molecule has 0 aliphatic carbocycles. The largest absolute Gasteiger partial charge is 0.497 e. The molecule has 5 heteroatoms. The van der Waals surface area contributed by atoms with Gasteiger partial charge >= 0.3 is 0 Å². The minimum atomic E-state index is -0.0880. The van der Waals surface area contributed by atoms with Gasteiger partial charge in [0.15, 0.2) is 5.75 Å². The van der Waals surface area contributed by atoms with Crippen LogP contribution >= 0.6 is 11.8 Å². The van der Waals surface area contributed by atoms with Crippen LogP contribution in [0, 0.1) is 0 Å². The van der Waals surface area contributed by atoms with Crippen molar-refractivity contribution in [2.75, 3.05) is 18.2 Å². The molecule has 4 nitrogen and oxygen atoms in total. The van der Waals surface area contributed by atoms with Gasteiger partial charge in [-0.1, -0.05) is 30.3 Å². The Kier molecular flexibility index (Phi) is 6.17. The first-order chi connectivity index (χ1) is 12.7. The number of rotatable bonds is 7. The lowest BCUT2D eigenvalue weighted by atomic mass is 10.3. The van der Waals surface area contributed by atoms with Gasteiger partial charge in [0.25, 0.3) is 0 Å². The second-order valence-corrected chi connectivity index (χ2v) is 6.47. The Bertz CT molecular complexity index is 851. The molecular weight excluding hydrogens is 346 g/mol. The molecule has 3 rings (SSSR count). The van der Waals surface area contributed by atoms with Crippen LogP contribution in [0.4, 0.5) is 5.69 Å². The van der Waals surface area contributed by atoms with Gasteiger partial charge in [-0.25, -0.2) is 0 Å². The smallest absolute Gasteiger partial charge is 0.234 e. The van der Waals surface area contributed by atoms with E-state index in [9.17, 15) is 4.79 Å². The van der Waals surface area contributed by atoms with Crippen LogP contribution in [0.15, 0.2) is 83.8 Å². The molecule has 0 fully saturated rings. The molecule has 0 atom stereocenters. The number of ether oxygens (including phenoxy) is 2. The van der Waals surface area contributed by atoms with Crippen molar-refractivity contribution >= 4 is 23.4 Å². The average molecular weight is 365 g/mol. The zero-order valence-corrected chi connectivity index (χ0v) is 15.2. The summed E-state index contributed by atoms with van der Waals surface area (Å²) in [5.41, 5.74) is 0.650. The number of hydrogen-bond donors (Lipinski definition) is 1. The predicted octanol–water partition coefficient (Wildman–Crippen LogP) is 5.22. The van der Waals surface area contributed by atoms with E-state index in [1.807, 2.05) is 78.9 Å². The molecule has 0 aliphatic heterocycles. The number of benzene rings is 3. The highest BCUT2D eigenvalue weighted by Gasteiger charge is 2.09. The van der Waals surface area contributed by atoms with Gasteiger partial charge < -0.3 is 14.8 Å². The van der Waals surface area contributed by atoms with Crippen molar-refractivity contribution in [3.63, 3.8) is 0 Å². The van der Waals surface area contributed by atoms with Gasteiger partial charge in [-0.15, -0.1) is 11.8 Å². The monoisotopic (exact) mass is 365 g/mol. The minimum absolute atomic E-state index is 0.0880. The van der Waals surface area contributed by atoms with E-state index in [0.29, 0.717) is 17.2 Å². The Morgan fingerprint density at radius 1 is 0.885 bits per heavy atom. The molecular formula is C21H19NO3S. The van der Waals surface area contributed by atoms with E-state index in [1.165, 1.54) is 11.8 Å². The van der Waals surface area contributed by atoms with E-state index in [1.54, 1.807) is 7.11 Å². The second kappa shape index (κ2) is 8.97. The summed E-state index contributed by atoms with van der Waals surface area (Å²) in [7, 11) is 1.63. The third-order valence-corrected chi connectivity index (χ3v) is 4.57.